The van der Waals surface area contributed by atoms with Crippen LogP contribution in [0.5, 0.6) is 0 Å². The lowest BCUT2D eigenvalue weighted by Gasteiger charge is -2.34. The van der Waals surface area contributed by atoms with Gasteiger partial charge in [-0.2, -0.15) is 0 Å². The molecule has 0 aromatic carbocycles. The minimum absolute atomic E-state index is 0.00934. The normalized spacial score (nSPS) is 19.0. The average Bonchev–Trinajstić information content (AvgIpc) is 2.52. The van der Waals surface area contributed by atoms with Crippen molar-refractivity contribution in [3.05, 3.63) is 23.3 Å². The molecule has 24 heavy (non-hydrogen) atoms. The predicted molar refractivity (Wildman–Crippen MR) is 89.2 cm³/mol. The molecule has 1 aliphatic rings. The second-order valence-corrected chi connectivity index (χ2v) is 6.38. The lowest BCUT2D eigenvalue weighted by molar-refractivity contribution is -0.219. The van der Waals surface area contributed by atoms with Gasteiger partial charge in [0.25, 0.3) is 0 Å². The zero-order chi connectivity index (χ0) is 18.2. The van der Waals surface area contributed by atoms with Gasteiger partial charge in [-0.3, -0.25) is 0 Å². The van der Waals surface area contributed by atoms with E-state index >= 15 is 0 Å². The molecule has 1 rings (SSSR count). The lowest BCUT2D eigenvalue weighted by Crippen LogP contribution is -2.37. The van der Waals surface area contributed by atoms with Crippen molar-refractivity contribution in [1.29, 1.82) is 0 Å². The molecule has 6 heteroatoms. The number of carbonyl (C=O) groups is 2. The summed E-state index contributed by atoms with van der Waals surface area (Å²) in [4.78, 5) is 23.8. The summed E-state index contributed by atoms with van der Waals surface area (Å²) in [5.74, 6) is -0.947. The van der Waals surface area contributed by atoms with Crippen molar-refractivity contribution >= 4 is 11.9 Å². The van der Waals surface area contributed by atoms with Gasteiger partial charge in [-0.15, -0.1) is 0 Å². The highest BCUT2D eigenvalue weighted by Gasteiger charge is 2.27. The fourth-order valence-electron chi connectivity index (χ4n) is 2.04. The molecule has 0 N–H and O–H groups in total. The first kappa shape index (κ1) is 20.4. The van der Waals surface area contributed by atoms with Gasteiger partial charge in [0.15, 0.2) is 6.29 Å². The number of esters is 2. The highest BCUT2D eigenvalue weighted by molar-refractivity contribution is 5.96. The summed E-state index contributed by atoms with van der Waals surface area (Å²) in [5.41, 5.74) is 0.618. The van der Waals surface area contributed by atoms with E-state index in [9.17, 15) is 9.59 Å². The molecular formula is C18H28O6. The molecule has 0 saturated carbocycles. The van der Waals surface area contributed by atoms with Crippen LogP contribution in [0.1, 0.15) is 41.0 Å². The summed E-state index contributed by atoms with van der Waals surface area (Å²) in [6, 6.07) is 0. The van der Waals surface area contributed by atoms with Gasteiger partial charge in [-0.05, 0) is 26.8 Å². The molecule has 0 spiro atoms. The monoisotopic (exact) mass is 340 g/mol. The summed E-state index contributed by atoms with van der Waals surface area (Å²) in [5, 5.41) is 0. The second-order valence-electron chi connectivity index (χ2n) is 6.38. The van der Waals surface area contributed by atoms with Crippen LogP contribution >= 0.6 is 0 Å². The highest BCUT2D eigenvalue weighted by Crippen LogP contribution is 2.24. The van der Waals surface area contributed by atoms with E-state index in [1.54, 1.807) is 26.8 Å². The first-order chi connectivity index (χ1) is 11.3. The number of carbonyl (C=O) groups excluding carboxylic acids is 2. The third-order valence-electron chi connectivity index (χ3n) is 3.33. The van der Waals surface area contributed by atoms with Gasteiger partial charge in [0.05, 0.1) is 32.0 Å². The molecule has 1 aliphatic heterocycles. The van der Waals surface area contributed by atoms with Crippen molar-refractivity contribution in [1.82, 2.24) is 0 Å². The molecule has 0 atom stereocenters. The Morgan fingerprint density at radius 3 is 2.17 bits per heavy atom. The van der Waals surface area contributed by atoms with E-state index in [2.05, 4.69) is 13.8 Å². The Kier molecular flexibility index (Phi) is 8.15. The van der Waals surface area contributed by atoms with Crippen LogP contribution in [0.3, 0.4) is 0 Å². The second kappa shape index (κ2) is 9.59. The van der Waals surface area contributed by atoms with Crippen molar-refractivity contribution in [3.63, 3.8) is 0 Å². The quantitative estimate of drug-likeness (QED) is 0.403. The van der Waals surface area contributed by atoms with Crippen molar-refractivity contribution in [2.24, 2.45) is 5.41 Å². The van der Waals surface area contributed by atoms with Gasteiger partial charge in [0, 0.05) is 17.4 Å². The molecule has 1 saturated heterocycles. The van der Waals surface area contributed by atoms with E-state index in [1.165, 1.54) is 6.08 Å². The van der Waals surface area contributed by atoms with Gasteiger partial charge >= 0.3 is 11.9 Å². The topological polar surface area (TPSA) is 71.1 Å². The van der Waals surface area contributed by atoms with Crippen LogP contribution in [0, 0.1) is 5.41 Å². The minimum Gasteiger partial charge on any atom is -0.463 e. The Bertz CT molecular complexity index is 494. The molecule has 0 aromatic heterocycles. The standard InChI is InChI=1S/C18H28O6/c1-6-21-16(19)13(3)10-14(17(20)22-7-2)8-9-15-23-11-18(4,5)12-24-15/h8,10,15H,6-7,9,11-12H2,1-5H3/b13-10+,14-8+. The van der Waals surface area contributed by atoms with Crippen LogP contribution < -0.4 is 0 Å². The number of rotatable bonds is 7. The Labute approximate surface area is 143 Å². The summed E-state index contributed by atoms with van der Waals surface area (Å²) in [6.07, 6.45) is 3.14. The molecule has 0 radical (unpaired) electrons. The fraction of sp³-hybridized carbons (Fsp3) is 0.667. The maximum absolute atomic E-state index is 12.1. The number of hydrogen-bond donors (Lipinski definition) is 0. The Morgan fingerprint density at radius 2 is 1.62 bits per heavy atom. The van der Waals surface area contributed by atoms with Crippen LogP contribution in [0.25, 0.3) is 0 Å². The average molecular weight is 340 g/mol. The van der Waals surface area contributed by atoms with Crippen LogP contribution in [0.2, 0.25) is 0 Å². The molecule has 0 amide bonds. The van der Waals surface area contributed by atoms with E-state index in [1.807, 2.05) is 0 Å². The Hall–Kier alpha value is -1.66. The van der Waals surface area contributed by atoms with E-state index in [4.69, 9.17) is 18.9 Å². The third kappa shape index (κ3) is 6.84. The van der Waals surface area contributed by atoms with Gasteiger partial charge in [-0.25, -0.2) is 9.59 Å². The molecule has 6 nitrogen and oxygen atoms in total. The maximum Gasteiger partial charge on any atom is 0.337 e. The highest BCUT2D eigenvalue weighted by atomic mass is 16.7. The largest absolute Gasteiger partial charge is 0.463 e. The summed E-state index contributed by atoms with van der Waals surface area (Å²) < 4.78 is 21.2. The first-order valence-electron chi connectivity index (χ1n) is 8.25. The fourth-order valence-corrected chi connectivity index (χ4v) is 2.04. The lowest BCUT2D eigenvalue weighted by atomic mass is 9.95. The van der Waals surface area contributed by atoms with E-state index in [0.29, 0.717) is 30.8 Å². The van der Waals surface area contributed by atoms with Gasteiger partial charge in [0.2, 0.25) is 0 Å². The van der Waals surface area contributed by atoms with Gasteiger partial charge < -0.3 is 18.9 Å². The molecule has 136 valence electrons. The van der Waals surface area contributed by atoms with Crippen molar-refractivity contribution in [2.45, 2.75) is 47.3 Å². The molecule has 1 fully saturated rings. The molecule has 0 bridgehead atoms. The molecule has 0 aliphatic carbocycles. The zero-order valence-corrected chi connectivity index (χ0v) is 15.2. The third-order valence-corrected chi connectivity index (χ3v) is 3.33. The minimum atomic E-state index is -0.489. The summed E-state index contributed by atoms with van der Waals surface area (Å²) in [7, 11) is 0. The molecule has 0 aromatic rings. The Morgan fingerprint density at radius 1 is 1.08 bits per heavy atom. The predicted octanol–water partition coefficient (Wildman–Crippen LogP) is 2.77. The van der Waals surface area contributed by atoms with Gasteiger partial charge in [0.1, 0.15) is 0 Å². The summed E-state index contributed by atoms with van der Waals surface area (Å²) >= 11 is 0. The van der Waals surface area contributed by atoms with Crippen LogP contribution in [0.15, 0.2) is 23.3 Å². The van der Waals surface area contributed by atoms with E-state index in [0.717, 1.165) is 0 Å². The van der Waals surface area contributed by atoms with Crippen molar-refractivity contribution < 1.29 is 28.5 Å². The first-order valence-corrected chi connectivity index (χ1v) is 8.25. The van der Waals surface area contributed by atoms with Crippen LogP contribution in [-0.2, 0) is 28.5 Å². The Balaban J connectivity index is 2.80. The molecule has 0 unspecified atom stereocenters. The maximum atomic E-state index is 12.1. The van der Waals surface area contributed by atoms with E-state index in [-0.39, 0.29) is 18.6 Å². The summed E-state index contributed by atoms with van der Waals surface area (Å²) in [6.45, 7) is 10.9. The number of ether oxygens (including phenoxy) is 4. The number of hydrogen-bond acceptors (Lipinski definition) is 6. The van der Waals surface area contributed by atoms with Crippen molar-refractivity contribution in [2.75, 3.05) is 26.4 Å². The molecular weight excluding hydrogens is 312 g/mol. The molecule has 1 heterocycles. The smallest absolute Gasteiger partial charge is 0.337 e. The van der Waals surface area contributed by atoms with Crippen molar-refractivity contribution in [3.8, 4) is 0 Å². The van der Waals surface area contributed by atoms with Gasteiger partial charge in [-0.1, -0.05) is 19.9 Å². The van der Waals surface area contributed by atoms with Crippen LogP contribution in [-0.4, -0.2) is 44.7 Å². The van der Waals surface area contributed by atoms with E-state index < -0.39 is 18.2 Å². The zero-order valence-electron chi connectivity index (χ0n) is 15.2. The SMILES string of the molecule is CCOC(=O)/C(C)=C/C(=C\CC1OCC(C)(C)CO1)C(=O)OCC. The van der Waals surface area contributed by atoms with Crippen LogP contribution in [0.4, 0.5) is 0 Å².